The number of hydrogen-bond donors (Lipinski definition) is 1. The molecule has 7 nitrogen and oxygen atoms in total. The Balaban J connectivity index is 1.47. The molecule has 10 heteroatoms. The summed E-state index contributed by atoms with van der Waals surface area (Å²) in [6.45, 7) is 2.83. The lowest BCUT2D eigenvalue weighted by Gasteiger charge is -2.36. The third-order valence-electron chi connectivity index (χ3n) is 5.80. The van der Waals surface area contributed by atoms with Crippen LogP contribution < -0.4 is 5.32 Å². The SMILES string of the molecule is O=C(NCc1ccc(S(=O)(=O)N2CCOCC2)s1)C1(c2ccc(Cl)cc2)CCOCC1. The number of nitrogens with one attached hydrogen (secondary N) is 1. The van der Waals surface area contributed by atoms with Crippen molar-refractivity contribution < 1.29 is 22.7 Å². The van der Waals surface area contributed by atoms with Gasteiger partial charge in [0.1, 0.15) is 4.21 Å². The fourth-order valence-electron chi connectivity index (χ4n) is 3.98. The molecule has 4 rings (SSSR count). The summed E-state index contributed by atoms with van der Waals surface area (Å²) in [7, 11) is -3.53. The Morgan fingerprint density at radius 1 is 1.03 bits per heavy atom. The second-order valence-electron chi connectivity index (χ2n) is 7.62. The number of carbonyl (C=O) groups excluding carboxylic acids is 1. The van der Waals surface area contributed by atoms with Crippen LogP contribution in [0.5, 0.6) is 0 Å². The second kappa shape index (κ2) is 9.56. The van der Waals surface area contributed by atoms with Crippen LogP contribution in [0.3, 0.4) is 0 Å². The average Bonchev–Trinajstić information content (AvgIpc) is 3.29. The van der Waals surface area contributed by atoms with Crippen molar-refractivity contribution in [2.75, 3.05) is 39.5 Å². The van der Waals surface area contributed by atoms with Gasteiger partial charge in [0.15, 0.2) is 0 Å². The second-order valence-corrected chi connectivity index (χ2v) is 11.4. The monoisotopic (exact) mass is 484 g/mol. The van der Waals surface area contributed by atoms with Crippen LogP contribution in [0, 0.1) is 0 Å². The molecule has 0 saturated carbocycles. The van der Waals surface area contributed by atoms with Crippen molar-refractivity contribution in [1.82, 2.24) is 9.62 Å². The van der Waals surface area contributed by atoms with Gasteiger partial charge in [-0.25, -0.2) is 8.42 Å². The Morgan fingerprint density at radius 3 is 2.35 bits per heavy atom. The Labute approximate surface area is 191 Å². The standard InChI is InChI=1S/C21H25ClN2O5S2/c22-17-3-1-16(2-4-17)21(7-11-28-12-8-21)20(25)23-15-18-5-6-19(30-18)31(26,27)24-9-13-29-14-10-24/h1-6H,7-15H2,(H,23,25). The van der Waals surface area contributed by atoms with E-state index in [1.807, 2.05) is 12.1 Å². The van der Waals surface area contributed by atoms with E-state index < -0.39 is 15.4 Å². The Morgan fingerprint density at radius 2 is 1.68 bits per heavy atom. The van der Waals surface area contributed by atoms with Crippen LogP contribution in [0.2, 0.25) is 5.02 Å². The zero-order valence-electron chi connectivity index (χ0n) is 17.0. The molecule has 1 N–H and O–H groups in total. The summed E-state index contributed by atoms with van der Waals surface area (Å²) in [5.74, 6) is -0.0795. The molecule has 0 unspecified atom stereocenters. The number of hydrogen-bond acceptors (Lipinski definition) is 6. The lowest BCUT2D eigenvalue weighted by Crippen LogP contribution is -2.47. The predicted molar refractivity (Wildman–Crippen MR) is 119 cm³/mol. The normalized spacial score (nSPS) is 19.8. The smallest absolute Gasteiger partial charge is 0.252 e. The number of halogens is 1. The van der Waals surface area contributed by atoms with Gasteiger partial charge in [0.05, 0.1) is 25.2 Å². The van der Waals surface area contributed by atoms with Gasteiger partial charge in [-0.1, -0.05) is 23.7 Å². The van der Waals surface area contributed by atoms with Crippen molar-refractivity contribution in [2.24, 2.45) is 0 Å². The van der Waals surface area contributed by atoms with E-state index in [1.165, 1.54) is 15.6 Å². The van der Waals surface area contributed by atoms with Crippen molar-refractivity contribution in [1.29, 1.82) is 0 Å². The minimum Gasteiger partial charge on any atom is -0.381 e. The summed E-state index contributed by atoms with van der Waals surface area (Å²) < 4.78 is 38.1. The van der Waals surface area contributed by atoms with Gasteiger partial charge in [-0.15, -0.1) is 11.3 Å². The third kappa shape index (κ3) is 4.81. The number of benzene rings is 1. The van der Waals surface area contributed by atoms with Crippen molar-refractivity contribution in [3.05, 3.63) is 51.9 Å². The largest absolute Gasteiger partial charge is 0.381 e. The maximum Gasteiger partial charge on any atom is 0.252 e. The molecule has 3 heterocycles. The van der Waals surface area contributed by atoms with Crippen LogP contribution >= 0.6 is 22.9 Å². The third-order valence-corrected chi connectivity index (χ3v) is 9.51. The molecule has 2 aliphatic heterocycles. The van der Waals surface area contributed by atoms with Gasteiger partial charge in [-0.05, 0) is 42.7 Å². The van der Waals surface area contributed by atoms with Gasteiger partial charge >= 0.3 is 0 Å². The fourth-order valence-corrected chi connectivity index (χ4v) is 6.96. The summed E-state index contributed by atoms with van der Waals surface area (Å²) in [6, 6.07) is 10.8. The van der Waals surface area contributed by atoms with E-state index in [0.29, 0.717) is 57.4 Å². The molecule has 2 aromatic rings. The molecule has 1 aromatic heterocycles. The number of amides is 1. The Kier molecular flexibility index (Phi) is 7.00. The van der Waals surface area contributed by atoms with Crippen molar-refractivity contribution >= 4 is 38.9 Å². The molecule has 0 aliphatic carbocycles. The zero-order chi connectivity index (χ0) is 21.9. The van der Waals surface area contributed by atoms with Gasteiger partial charge in [0.2, 0.25) is 5.91 Å². The number of morpholine rings is 1. The van der Waals surface area contributed by atoms with Crippen molar-refractivity contribution in [2.45, 2.75) is 29.0 Å². The maximum absolute atomic E-state index is 13.3. The highest BCUT2D eigenvalue weighted by Gasteiger charge is 2.41. The number of sulfonamides is 1. The molecule has 1 aromatic carbocycles. The van der Waals surface area contributed by atoms with Crippen molar-refractivity contribution in [3.8, 4) is 0 Å². The van der Waals surface area contributed by atoms with Gasteiger partial charge in [-0.3, -0.25) is 4.79 Å². The lowest BCUT2D eigenvalue weighted by molar-refractivity contribution is -0.130. The highest BCUT2D eigenvalue weighted by molar-refractivity contribution is 7.91. The van der Waals surface area contributed by atoms with Gasteiger partial charge in [0.25, 0.3) is 10.0 Å². The highest BCUT2D eigenvalue weighted by Crippen LogP contribution is 2.36. The number of carbonyl (C=O) groups is 1. The van der Waals surface area contributed by atoms with E-state index in [9.17, 15) is 13.2 Å². The summed E-state index contributed by atoms with van der Waals surface area (Å²) in [5, 5.41) is 3.65. The minimum absolute atomic E-state index is 0.0795. The molecule has 0 radical (unpaired) electrons. The maximum atomic E-state index is 13.3. The first kappa shape index (κ1) is 22.7. The van der Waals surface area contributed by atoms with E-state index >= 15 is 0 Å². The summed E-state index contributed by atoms with van der Waals surface area (Å²) >= 11 is 7.22. The van der Waals surface area contributed by atoms with E-state index in [1.54, 1.807) is 24.3 Å². The Bertz CT molecular complexity index is 1010. The first-order valence-electron chi connectivity index (χ1n) is 10.2. The van der Waals surface area contributed by atoms with Crippen LogP contribution in [0.25, 0.3) is 0 Å². The van der Waals surface area contributed by atoms with Gasteiger partial charge < -0.3 is 14.8 Å². The number of rotatable bonds is 6. The molecule has 31 heavy (non-hydrogen) atoms. The number of thiophene rings is 1. The topological polar surface area (TPSA) is 84.9 Å². The predicted octanol–water partition coefficient (Wildman–Crippen LogP) is 2.79. The highest BCUT2D eigenvalue weighted by atomic mass is 35.5. The molecule has 2 aliphatic rings. The number of nitrogens with zero attached hydrogens (tertiary/aromatic N) is 1. The Hall–Kier alpha value is -1.49. The molecule has 0 bridgehead atoms. The quantitative estimate of drug-likeness (QED) is 0.681. The van der Waals surface area contributed by atoms with Crippen LogP contribution in [0.4, 0.5) is 0 Å². The van der Waals surface area contributed by atoms with Crippen LogP contribution in [-0.2, 0) is 36.3 Å². The summed E-state index contributed by atoms with van der Waals surface area (Å²) in [4.78, 5) is 14.1. The molecule has 0 spiro atoms. The van der Waals surface area contributed by atoms with Crippen molar-refractivity contribution in [3.63, 3.8) is 0 Å². The average molecular weight is 485 g/mol. The molecule has 2 saturated heterocycles. The van der Waals surface area contributed by atoms with E-state index in [-0.39, 0.29) is 16.7 Å². The van der Waals surface area contributed by atoms with E-state index in [2.05, 4.69) is 5.32 Å². The molecular weight excluding hydrogens is 460 g/mol. The van der Waals surface area contributed by atoms with Gasteiger partial charge in [0, 0.05) is 36.2 Å². The van der Waals surface area contributed by atoms with Crippen LogP contribution in [-0.4, -0.2) is 58.1 Å². The first-order chi connectivity index (χ1) is 14.9. The van der Waals surface area contributed by atoms with E-state index in [0.717, 1.165) is 10.4 Å². The van der Waals surface area contributed by atoms with Crippen LogP contribution in [0.15, 0.2) is 40.6 Å². The zero-order valence-corrected chi connectivity index (χ0v) is 19.4. The minimum atomic E-state index is -3.53. The molecule has 1 amide bonds. The molecule has 0 atom stereocenters. The molecular formula is C21H25ClN2O5S2. The summed E-state index contributed by atoms with van der Waals surface area (Å²) in [5.41, 5.74) is 0.238. The van der Waals surface area contributed by atoms with E-state index in [4.69, 9.17) is 21.1 Å². The lowest BCUT2D eigenvalue weighted by atomic mass is 9.73. The first-order valence-corrected chi connectivity index (χ1v) is 12.8. The molecule has 2 fully saturated rings. The fraction of sp³-hybridized carbons (Fsp3) is 0.476. The number of ether oxygens (including phenoxy) is 2. The summed E-state index contributed by atoms with van der Waals surface area (Å²) in [6.07, 6.45) is 1.17. The van der Waals surface area contributed by atoms with Gasteiger partial charge in [-0.2, -0.15) is 4.31 Å². The molecule has 168 valence electrons. The van der Waals surface area contributed by atoms with Crippen LogP contribution in [0.1, 0.15) is 23.3 Å².